The molecule has 0 radical (unpaired) electrons. The van der Waals surface area contributed by atoms with E-state index in [9.17, 15) is 19.8 Å². The van der Waals surface area contributed by atoms with Crippen LogP contribution in [0.4, 0.5) is 0 Å². The van der Waals surface area contributed by atoms with E-state index in [2.05, 4.69) is 10.2 Å². The summed E-state index contributed by atoms with van der Waals surface area (Å²) in [4.78, 5) is 24.2. The zero-order valence-electron chi connectivity index (χ0n) is 10.8. The number of aryl methyl sites for hydroxylation is 1. The highest BCUT2D eigenvalue weighted by molar-refractivity contribution is 8.01. The number of carboxylic acids is 1. The smallest absolute Gasteiger partial charge is 0.352 e. The molecule has 0 unspecified atom stereocenters. The number of β-lactam (4-membered cyclic amide) rings is 1. The summed E-state index contributed by atoms with van der Waals surface area (Å²) in [6, 6.07) is 0. The van der Waals surface area contributed by atoms with E-state index in [0.717, 1.165) is 4.90 Å². The van der Waals surface area contributed by atoms with Crippen molar-refractivity contribution in [3.8, 4) is 0 Å². The molecule has 2 aliphatic heterocycles. The van der Waals surface area contributed by atoms with Crippen molar-refractivity contribution in [2.75, 3.05) is 11.5 Å². The highest BCUT2D eigenvalue weighted by Crippen LogP contribution is 2.41. The van der Waals surface area contributed by atoms with Gasteiger partial charge < -0.3 is 14.6 Å². The van der Waals surface area contributed by atoms with E-state index in [1.54, 1.807) is 6.92 Å². The number of carbonyl (C=O) groups excluding carboxylic acids is 1. The van der Waals surface area contributed by atoms with Gasteiger partial charge in [-0.05, 0) is 5.57 Å². The minimum atomic E-state index is -1.17. The van der Waals surface area contributed by atoms with E-state index in [0.29, 0.717) is 28.2 Å². The van der Waals surface area contributed by atoms with Crippen molar-refractivity contribution in [3.05, 3.63) is 17.2 Å². The number of hydrogen-bond acceptors (Lipinski definition) is 8. The number of hydrogen-bond donors (Lipinski definition) is 2. The second-order valence-corrected chi connectivity index (χ2v) is 6.52. The van der Waals surface area contributed by atoms with E-state index in [1.807, 2.05) is 0 Å². The van der Waals surface area contributed by atoms with Crippen LogP contribution < -0.4 is 0 Å². The third-order valence-electron chi connectivity index (χ3n) is 3.10. The normalized spacial score (nSPS) is 24.9. The quantitative estimate of drug-likeness (QED) is 0.585. The molecule has 2 N–H and O–H groups in total. The van der Waals surface area contributed by atoms with Gasteiger partial charge >= 0.3 is 5.97 Å². The summed E-state index contributed by atoms with van der Waals surface area (Å²) >= 11 is 2.57. The third kappa shape index (κ3) is 2.43. The van der Waals surface area contributed by atoms with Crippen molar-refractivity contribution in [1.82, 2.24) is 15.1 Å². The minimum Gasteiger partial charge on any atom is -0.477 e. The lowest BCUT2D eigenvalue weighted by atomic mass is 10.1. The van der Waals surface area contributed by atoms with E-state index >= 15 is 0 Å². The SMILES string of the molecule is Cc1nnc(SCC2=C(C(=O)O)N3C(=O)[C@@H](O)[C@@H]3SC2)o1. The topological polar surface area (TPSA) is 117 Å². The van der Waals surface area contributed by atoms with Crippen molar-refractivity contribution < 1.29 is 24.2 Å². The largest absolute Gasteiger partial charge is 0.477 e. The van der Waals surface area contributed by atoms with Gasteiger partial charge in [0.2, 0.25) is 5.89 Å². The highest BCUT2D eigenvalue weighted by atomic mass is 32.2. The van der Waals surface area contributed by atoms with Crippen LogP contribution in [-0.2, 0) is 9.59 Å². The summed E-state index contributed by atoms with van der Waals surface area (Å²) in [7, 11) is 0. The molecular formula is C11H11N3O5S2. The average Bonchev–Trinajstić information content (AvgIpc) is 2.88. The molecule has 112 valence electrons. The summed E-state index contributed by atoms with van der Waals surface area (Å²) in [6.07, 6.45) is -1.11. The van der Waals surface area contributed by atoms with Crippen LogP contribution in [0.3, 0.4) is 0 Å². The maximum absolute atomic E-state index is 11.7. The van der Waals surface area contributed by atoms with Gasteiger partial charge in [-0.25, -0.2) is 4.79 Å². The van der Waals surface area contributed by atoms with Gasteiger partial charge in [0, 0.05) is 18.4 Å². The monoisotopic (exact) mass is 329 g/mol. The molecule has 1 fully saturated rings. The Kier molecular flexibility index (Phi) is 3.68. The summed E-state index contributed by atoms with van der Waals surface area (Å²) in [6.45, 7) is 1.67. The maximum Gasteiger partial charge on any atom is 0.352 e. The number of carbonyl (C=O) groups is 2. The molecule has 21 heavy (non-hydrogen) atoms. The van der Waals surface area contributed by atoms with Crippen LogP contribution in [0.1, 0.15) is 5.89 Å². The number of rotatable bonds is 4. The molecule has 3 rings (SSSR count). The Morgan fingerprint density at radius 1 is 1.57 bits per heavy atom. The van der Waals surface area contributed by atoms with Gasteiger partial charge in [0.1, 0.15) is 11.1 Å². The highest BCUT2D eigenvalue weighted by Gasteiger charge is 2.52. The molecule has 0 aliphatic carbocycles. The Morgan fingerprint density at radius 3 is 2.95 bits per heavy atom. The Hall–Kier alpha value is -1.52. The first-order chi connectivity index (χ1) is 9.99. The Labute approximate surface area is 127 Å². The Bertz CT molecular complexity index is 644. The molecule has 1 aromatic rings. The molecule has 1 aromatic heterocycles. The predicted octanol–water partition coefficient (Wildman–Crippen LogP) is 0.0848. The number of aliphatic hydroxyl groups is 1. The predicted molar refractivity (Wildman–Crippen MR) is 73.5 cm³/mol. The second-order valence-electron chi connectivity index (χ2n) is 4.49. The van der Waals surface area contributed by atoms with Crippen molar-refractivity contribution in [2.24, 2.45) is 0 Å². The van der Waals surface area contributed by atoms with Crippen LogP contribution in [-0.4, -0.2) is 60.2 Å². The van der Waals surface area contributed by atoms with Gasteiger partial charge in [-0.1, -0.05) is 11.8 Å². The van der Waals surface area contributed by atoms with Crippen LogP contribution >= 0.6 is 23.5 Å². The first kappa shape index (κ1) is 14.4. The lowest BCUT2D eigenvalue weighted by molar-refractivity contribution is -0.159. The molecule has 0 aromatic carbocycles. The van der Waals surface area contributed by atoms with E-state index in [-0.39, 0.29) is 5.70 Å². The standard InChI is InChI=1S/C11H11N3O5S2/c1-4-12-13-11(19-4)21-3-5-2-20-9-7(15)8(16)14(9)6(5)10(17)18/h7,9,15H,2-3H2,1H3,(H,17,18)/t7-,9+/m1/s1. The van der Waals surface area contributed by atoms with Gasteiger partial charge in [0.25, 0.3) is 11.1 Å². The van der Waals surface area contributed by atoms with Crippen LogP contribution in [0.25, 0.3) is 0 Å². The average molecular weight is 329 g/mol. The first-order valence-electron chi connectivity index (χ1n) is 6.00. The number of nitrogens with zero attached hydrogens (tertiary/aromatic N) is 3. The lowest BCUT2D eigenvalue weighted by Crippen LogP contribution is -2.64. The van der Waals surface area contributed by atoms with E-state index < -0.39 is 23.4 Å². The molecule has 3 heterocycles. The van der Waals surface area contributed by atoms with Crippen LogP contribution in [0.5, 0.6) is 0 Å². The number of carboxylic acid groups (broad SMARTS) is 1. The number of aliphatic hydroxyl groups excluding tert-OH is 1. The number of aliphatic carboxylic acids is 1. The van der Waals surface area contributed by atoms with Crippen molar-refractivity contribution >= 4 is 35.4 Å². The van der Waals surface area contributed by atoms with Gasteiger partial charge in [0.05, 0.1) is 0 Å². The molecule has 10 heteroatoms. The molecule has 0 spiro atoms. The van der Waals surface area contributed by atoms with Crippen LogP contribution in [0.15, 0.2) is 20.9 Å². The molecule has 2 aliphatic rings. The molecule has 0 bridgehead atoms. The Balaban J connectivity index is 1.81. The van der Waals surface area contributed by atoms with Crippen LogP contribution in [0, 0.1) is 6.92 Å². The Morgan fingerprint density at radius 2 is 2.33 bits per heavy atom. The maximum atomic E-state index is 11.7. The fourth-order valence-electron chi connectivity index (χ4n) is 2.13. The van der Waals surface area contributed by atoms with Gasteiger partial charge in [-0.15, -0.1) is 22.0 Å². The zero-order chi connectivity index (χ0) is 15.1. The van der Waals surface area contributed by atoms with Crippen molar-refractivity contribution in [1.29, 1.82) is 0 Å². The lowest BCUT2D eigenvalue weighted by Gasteiger charge is -2.47. The summed E-state index contributed by atoms with van der Waals surface area (Å²) in [5, 5.41) is 26.2. The number of amides is 1. The summed E-state index contributed by atoms with van der Waals surface area (Å²) < 4.78 is 5.21. The summed E-state index contributed by atoms with van der Waals surface area (Å²) in [5.74, 6) is -0.529. The van der Waals surface area contributed by atoms with Gasteiger partial charge in [0.15, 0.2) is 6.10 Å². The second kappa shape index (κ2) is 5.35. The number of thioether (sulfide) groups is 2. The molecule has 1 amide bonds. The first-order valence-corrected chi connectivity index (χ1v) is 8.03. The molecule has 1 saturated heterocycles. The number of fused-ring (bicyclic) bond motifs is 1. The molecule has 8 nitrogen and oxygen atoms in total. The fraction of sp³-hybridized carbons (Fsp3) is 0.455. The van der Waals surface area contributed by atoms with Crippen molar-refractivity contribution in [2.45, 2.75) is 23.6 Å². The van der Waals surface area contributed by atoms with Crippen LogP contribution in [0.2, 0.25) is 0 Å². The van der Waals surface area contributed by atoms with E-state index in [4.69, 9.17) is 4.42 Å². The summed E-state index contributed by atoms with van der Waals surface area (Å²) in [5.41, 5.74) is 0.558. The zero-order valence-corrected chi connectivity index (χ0v) is 12.5. The van der Waals surface area contributed by atoms with E-state index in [1.165, 1.54) is 23.5 Å². The van der Waals surface area contributed by atoms with Gasteiger partial charge in [-0.3, -0.25) is 9.69 Å². The van der Waals surface area contributed by atoms with Gasteiger partial charge in [-0.2, -0.15) is 0 Å². The third-order valence-corrected chi connectivity index (χ3v) is 5.33. The fourth-order valence-corrected chi connectivity index (χ4v) is 4.34. The van der Waals surface area contributed by atoms with Crippen molar-refractivity contribution in [3.63, 3.8) is 0 Å². The number of aromatic nitrogens is 2. The minimum absolute atomic E-state index is 0.0437. The molecule has 0 saturated carbocycles. The molecule has 2 atom stereocenters. The molecular weight excluding hydrogens is 318 g/mol.